The smallest absolute Gasteiger partial charge is 0.183 e. The van der Waals surface area contributed by atoms with Crippen LogP contribution >= 0.6 is 36.2 Å². The van der Waals surface area contributed by atoms with Gasteiger partial charge in [0.1, 0.15) is 18.5 Å². The predicted octanol–water partition coefficient (Wildman–Crippen LogP) is 4.81. The lowest BCUT2D eigenvalue weighted by molar-refractivity contribution is 0.0485. The molecule has 1 aromatic heterocycles. The normalized spacial score (nSPS) is 18.8. The monoisotopic (exact) mass is 483 g/mol. The summed E-state index contributed by atoms with van der Waals surface area (Å²) in [5.74, 6) is 2.64. The van der Waals surface area contributed by atoms with Gasteiger partial charge in [0, 0.05) is 13.1 Å². The number of phenols is 1. The highest BCUT2D eigenvalue weighted by molar-refractivity contribution is 7.22. The predicted molar refractivity (Wildman–Crippen MR) is 130 cm³/mol. The Kier molecular flexibility index (Phi) is 8.11. The van der Waals surface area contributed by atoms with Crippen molar-refractivity contribution < 1.29 is 14.6 Å². The highest BCUT2D eigenvalue weighted by Crippen LogP contribution is 2.32. The van der Waals surface area contributed by atoms with Gasteiger partial charge < -0.3 is 19.9 Å². The molecule has 0 bridgehead atoms. The maximum absolute atomic E-state index is 9.60. The molecule has 2 aliphatic rings. The number of aromatic nitrogens is 1. The van der Waals surface area contributed by atoms with Crippen molar-refractivity contribution in [2.75, 3.05) is 38.1 Å². The van der Waals surface area contributed by atoms with Crippen molar-refractivity contribution in [1.82, 2.24) is 9.88 Å². The van der Waals surface area contributed by atoms with E-state index in [-0.39, 0.29) is 36.7 Å². The van der Waals surface area contributed by atoms with Crippen LogP contribution in [0, 0.1) is 5.92 Å². The molecule has 2 aliphatic heterocycles. The average molecular weight is 484 g/mol. The van der Waals surface area contributed by atoms with Crippen LogP contribution in [0.2, 0.25) is 0 Å². The average Bonchev–Trinajstić information content (AvgIpc) is 3.15. The number of aromatic hydroxyl groups is 1. The van der Waals surface area contributed by atoms with Crippen molar-refractivity contribution in [2.24, 2.45) is 5.92 Å². The summed E-state index contributed by atoms with van der Waals surface area (Å²) in [5, 5.41) is 14.0. The molecule has 3 heterocycles. The van der Waals surface area contributed by atoms with Crippen molar-refractivity contribution in [2.45, 2.75) is 18.9 Å². The number of halogens is 2. The van der Waals surface area contributed by atoms with Gasteiger partial charge in [0.2, 0.25) is 0 Å². The van der Waals surface area contributed by atoms with Gasteiger partial charge in [-0.25, -0.2) is 4.98 Å². The molecule has 3 aromatic rings. The number of phenolic OH excluding ortho intramolecular Hbond substituents is 1. The van der Waals surface area contributed by atoms with E-state index in [1.165, 1.54) is 12.8 Å². The zero-order valence-corrected chi connectivity index (χ0v) is 19.5. The molecule has 31 heavy (non-hydrogen) atoms. The number of fused-ring (bicyclic) bond motifs is 2. The first kappa shape index (κ1) is 23.7. The molecule has 0 spiro atoms. The Hall–Kier alpha value is -1.93. The van der Waals surface area contributed by atoms with Crippen LogP contribution in [0.3, 0.4) is 0 Å². The first-order valence-corrected chi connectivity index (χ1v) is 11.0. The fourth-order valence-corrected chi connectivity index (χ4v) is 4.94. The van der Waals surface area contributed by atoms with Crippen molar-refractivity contribution >= 4 is 51.5 Å². The van der Waals surface area contributed by atoms with Crippen molar-refractivity contribution in [3.05, 3.63) is 42.5 Å². The number of hydrogen-bond donors (Lipinski definition) is 2. The van der Waals surface area contributed by atoms with Crippen LogP contribution in [-0.2, 0) is 0 Å². The van der Waals surface area contributed by atoms with E-state index in [0.717, 1.165) is 53.0 Å². The molecular weight excluding hydrogens is 457 g/mol. The van der Waals surface area contributed by atoms with Gasteiger partial charge in [-0.1, -0.05) is 23.5 Å². The standard InChI is InChI=1S/C22H25N3O3S.2ClH/c26-16-5-6-18-21(11-16)29-22(24-18)23-12-15-7-9-25(10-8-15)13-17-14-27-19-3-1-2-4-20(19)28-17;;/h1-6,11,15,17,26H,7-10,12-14H2,(H,23,24);2*1H. The summed E-state index contributed by atoms with van der Waals surface area (Å²) in [5.41, 5.74) is 0.932. The van der Waals surface area contributed by atoms with E-state index in [2.05, 4.69) is 15.2 Å². The van der Waals surface area contributed by atoms with Gasteiger partial charge in [-0.15, -0.1) is 24.8 Å². The Bertz CT molecular complexity index is 995. The van der Waals surface area contributed by atoms with Gasteiger partial charge in [-0.2, -0.15) is 0 Å². The van der Waals surface area contributed by atoms with Crippen molar-refractivity contribution in [3.63, 3.8) is 0 Å². The zero-order valence-electron chi connectivity index (χ0n) is 17.0. The van der Waals surface area contributed by atoms with Crippen molar-refractivity contribution in [1.29, 1.82) is 0 Å². The van der Waals surface area contributed by atoms with Gasteiger partial charge in [-0.3, -0.25) is 4.90 Å². The summed E-state index contributed by atoms with van der Waals surface area (Å²) in [6.07, 6.45) is 2.44. The summed E-state index contributed by atoms with van der Waals surface area (Å²) in [7, 11) is 0. The lowest BCUT2D eigenvalue weighted by atomic mass is 9.96. The molecule has 2 N–H and O–H groups in total. The number of piperidine rings is 1. The second-order valence-electron chi connectivity index (χ2n) is 7.79. The van der Waals surface area contributed by atoms with Gasteiger partial charge in [0.05, 0.1) is 10.2 Å². The summed E-state index contributed by atoms with van der Waals surface area (Å²) in [6.45, 7) is 4.64. The molecule has 0 aliphatic carbocycles. The molecule has 1 fully saturated rings. The Morgan fingerprint density at radius 2 is 1.87 bits per heavy atom. The Morgan fingerprint density at radius 1 is 1.10 bits per heavy atom. The fourth-order valence-electron chi connectivity index (χ4n) is 4.03. The third-order valence-corrected chi connectivity index (χ3v) is 6.63. The third-order valence-electron chi connectivity index (χ3n) is 5.65. The molecule has 2 aromatic carbocycles. The van der Waals surface area contributed by atoms with E-state index in [9.17, 15) is 5.11 Å². The number of likely N-dealkylation sites (tertiary alicyclic amines) is 1. The topological polar surface area (TPSA) is 66.9 Å². The summed E-state index contributed by atoms with van der Waals surface area (Å²) >= 11 is 1.60. The Balaban J connectivity index is 0.00000136. The molecule has 0 saturated carbocycles. The second kappa shape index (κ2) is 10.6. The lowest BCUT2D eigenvalue weighted by Crippen LogP contribution is -2.44. The number of benzene rings is 2. The zero-order chi connectivity index (χ0) is 19.6. The van der Waals surface area contributed by atoms with Crippen LogP contribution in [0.5, 0.6) is 17.2 Å². The third kappa shape index (κ3) is 5.66. The fraction of sp³-hybridized carbons (Fsp3) is 0.409. The highest BCUT2D eigenvalue weighted by atomic mass is 35.5. The molecular formula is C22H27Cl2N3O3S. The molecule has 0 amide bonds. The van der Waals surface area contributed by atoms with Crippen molar-refractivity contribution in [3.8, 4) is 17.2 Å². The van der Waals surface area contributed by atoms with Crippen LogP contribution in [-0.4, -0.2) is 53.9 Å². The molecule has 1 unspecified atom stereocenters. The summed E-state index contributed by atoms with van der Waals surface area (Å²) < 4.78 is 12.9. The van der Waals surface area contributed by atoms with E-state index < -0.39 is 0 Å². The van der Waals surface area contributed by atoms with E-state index in [0.29, 0.717) is 12.5 Å². The number of thiazole rings is 1. The molecule has 5 rings (SSSR count). The van der Waals surface area contributed by atoms with Gasteiger partial charge >= 0.3 is 0 Å². The Labute approximate surface area is 198 Å². The maximum atomic E-state index is 9.60. The molecule has 6 nitrogen and oxygen atoms in total. The maximum Gasteiger partial charge on any atom is 0.183 e. The number of para-hydroxylation sites is 2. The largest absolute Gasteiger partial charge is 0.508 e. The van der Waals surface area contributed by atoms with E-state index >= 15 is 0 Å². The van der Waals surface area contributed by atoms with Crippen LogP contribution < -0.4 is 14.8 Å². The number of nitrogens with zero attached hydrogens (tertiary/aromatic N) is 2. The summed E-state index contributed by atoms with van der Waals surface area (Å²) in [4.78, 5) is 7.09. The minimum absolute atomic E-state index is 0. The van der Waals surface area contributed by atoms with Gasteiger partial charge in [-0.05, 0) is 62.2 Å². The molecule has 168 valence electrons. The highest BCUT2D eigenvalue weighted by Gasteiger charge is 2.26. The number of nitrogens with one attached hydrogen (secondary N) is 1. The van der Waals surface area contributed by atoms with Gasteiger partial charge in [0.25, 0.3) is 0 Å². The quantitative estimate of drug-likeness (QED) is 0.542. The first-order valence-electron chi connectivity index (χ1n) is 10.2. The SMILES string of the molecule is Cl.Cl.Oc1ccc2nc(NCC3CCN(CC4COc5ccccc5O4)CC3)sc2c1. The lowest BCUT2D eigenvalue weighted by Gasteiger charge is -2.35. The number of ether oxygens (including phenoxy) is 2. The van der Waals surface area contributed by atoms with E-state index in [4.69, 9.17) is 9.47 Å². The van der Waals surface area contributed by atoms with Gasteiger partial charge in [0.15, 0.2) is 16.6 Å². The number of hydrogen-bond acceptors (Lipinski definition) is 7. The van der Waals surface area contributed by atoms with Crippen LogP contribution in [0.15, 0.2) is 42.5 Å². The van der Waals surface area contributed by atoms with Crippen LogP contribution in [0.4, 0.5) is 5.13 Å². The summed E-state index contributed by atoms with van der Waals surface area (Å²) in [6, 6.07) is 13.2. The minimum Gasteiger partial charge on any atom is -0.508 e. The molecule has 1 saturated heterocycles. The Morgan fingerprint density at radius 3 is 2.68 bits per heavy atom. The van der Waals surface area contributed by atoms with Crippen LogP contribution in [0.1, 0.15) is 12.8 Å². The minimum atomic E-state index is 0. The van der Waals surface area contributed by atoms with Crippen LogP contribution in [0.25, 0.3) is 10.2 Å². The number of rotatable bonds is 5. The number of anilines is 1. The molecule has 9 heteroatoms. The molecule has 1 atom stereocenters. The van der Waals surface area contributed by atoms with E-state index in [1.54, 1.807) is 23.5 Å². The molecule has 0 radical (unpaired) electrons. The second-order valence-corrected chi connectivity index (χ2v) is 8.82. The van der Waals surface area contributed by atoms with E-state index in [1.807, 2.05) is 30.3 Å². The first-order chi connectivity index (χ1) is 14.2.